The first-order valence-electron chi connectivity index (χ1n) is 6.66. The zero-order chi connectivity index (χ0) is 12.0. The van der Waals surface area contributed by atoms with Crippen LogP contribution in [0.25, 0.3) is 0 Å². The third-order valence-electron chi connectivity index (χ3n) is 3.43. The van der Waals surface area contributed by atoms with Gasteiger partial charge in [0.15, 0.2) is 0 Å². The lowest BCUT2D eigenvalue weighted by Gasteiger charge is -2.20. The fourth-order valence-corrected chi connectivity index (χ4v) is 2.01. The monoisotopic (exact) mass is 227 g/mol. The number of nitrogens with zero attached hydrogens (tertiary/aromatic N) is 2. The molecule has 3 nitrogen and oxygen atoms in total. The van der Waals surface area contributed by atoms with Crippen LogP contribution in [0.15, 0.2) is 0 Å². The van der Waals surface area contributed by atoms with Crippen LogP contribution in [0, 0.1) is 5.92 Å². The molecule has 0 aliphatic heterocycles. The van der Waals surface area contributed by atoms with Crippen LogP contribution in [0.1, 0.15) is 26.2 Å². The molecule has 0 heterocycles. The lowest BCUT2D eigenvalue weighted by molar-refractivity contribution is 0.294. The first-order chi connectivity index (χ1) is 7.59. The van der Waals surface area contributed by atoms with E-state index >= 15 is 0 Å². The maximum absolute atomic E-state index is 3.62. The molecule has 0 amide bonds. The van der Waals surface area contributed by atoms with E-state index in [4.69, 9.17) is 0 Å². The summed E-state index contributed by atoms with van der Waals surface area (Å²) in [5, 5.41) is 3.62. The first-order valence-corrected chi connectivity index (χ1v) is 6.66. The second-order valence-electron chi connectivity index (χ2n) is 5.54. The maximum Gasteiger partial charge on any atom is 0.0104 e. The molecule has 0 bridgehead atoms. The average Bonchev–Trinajstić information content (AvgIpc) is 2.99. The van der Waals surface area contributed by atoms with Crippen LogP contribution in [0.5, 0.6) is 0 Å². The molecule has 3 heteroatoms. The molecule has 16 heavy (non-hydrogen) atoms. The van der Waals surface area contributed by atoms with Crippen molar-refractivity contribution < 1.29 is 0 Å². The zero-order valence-corrected chi connectivity index (χ0v) is 11.5. The van der Waals surface area contributed by atoms with Crippen LogP contribution in [-0.2, 0) is 0 Å². The predicted molar refractivity (Wildman–Crippen MR) is 70.9 cm³/mol. The van der Waals surface area contributed by atoms with Gasteiger partial charge in [0.1, 0.15) is 0 Å². The Morgan fingerprint density at radius 3 is 2.38 bits per heavy atom. The minimum Gasteiger partial charge on any atom is -0.313 e. The lowest BCUT2D eigenvalue weighted by Crippen LogP contribution is -2.36. The number of likely N-dealkylation sites (N-methyl/N-ethyl adjacent to an activating group) is 1. The third-order valence-corrected chi connectivity index (χ3v) is 3.43. The molecule has 1 atom stereocenters. The van der Waals surface area contributed by atoms with E-state index in [2.05, 4.69) is 43.2 Å². The van der Waals surface area contributed by atoms with E-state index in [0.29, 0.717) is 0 Å². The van der Waals surface area contributed by atoms with Crippen molar-refractivity contribution in [1.82, 2.24) is 15.1 Å². The maximum atomic E-state index is 3.62. The van der Waals surface area contributed by atoms with E-state index in [9.17, 15) is 0 Å². The van der Waals surface area contributed by atoms with Crippen molar-refractivity contribution in [3.8, 4) is 0 Å². The van der Waals surface area contributed by atoms with Gasteiger partial charge in [0, 0.05) is 19.1 Å². The zero-order valence-electron chi connectivity index (χ0n) is 11.5. The van der Waals surface area contributed by atoms with Gasteiger partial charge in [0.05, 0.1) is 0 Å². The van der Waals surface area contributed by atoms with E-state index in [1.54, 1.807) is 0 Å². The van der Waals surface area contributed by atoms with Gasteiger partial charge in [-0.3, -0.25) is 0 Å². The van der Waals surface area contributed by atoms with Crippen LogP contribution < -0.4 is 5.32 Å². The van der Waals surface area contributed by atoms with Crippen molar-refractivity contribution >= 4 is 0 Å². The highest BCUT2D eigenvalue weighted by molar-refractivity contribution is 4.83. The van der Waals surface area contributed by atoms with Crippen LogP contribution >= 0.6 is 0 Å². The summed E-state index contributed by atoms with van der Waals surface area (Å²) in [7, 11) is 6.50. The number of hydrogen-bond donors (Lipinski definition) is 1. The minimum absolute atomic E-state index is 0.732. The van der Waals surface area contributed by atoms with Gasteiger partial charge in [-0.15, -0.1) is 0 Å². The van der Waals surface area contributed by atoms with E-state index in [-0.39, 0.29) is 0 Å². The summed E-state index contributed by atoms with van der Waals surface area (Å²) < 4.78 is 0. The highest BCUT2D eigenvalue weighted by Gasteiger charge is 2.27. The molecule has 1 unspecified atom stereocenters. The first kappa shape index (κ1) is 13.9. The smallest absolute Gasteiger partial charge is 0.0104 e. The molecule has 1 N–H and O–H groups in total. The Balaban J connectivity index is 1.90. The molecule has 96 valence electrons. The Labute approximate surface area is 101 Å². The van der Waals surface area contributed by atoms with E-state index in [1.807, 2.05) is 0 Å². The molecule has 1 rings (SSSR count). The van der Waals surface area contributed by atoms with Crippen LogP contribution in [-0.4, -0.2) is 63.2 Å². The van der Waals surface area contributed by atoms with Gasteiger partial charge in [-0.1, -0.05) is 0 Å². The molecular formula is C13H29N3. The summed E-state index contributed by atoms with van der Waals surface area (Å²) in [5.41, 5.74) is 0. The van der Waals surface area contributed by atoms with Crippen molar-refractivity contribution in [2.45, 2.75) is 32.2 Å². The van der Waals surface area contributed by atoms with Crippen molar-refractivity contribution in [2.24, 2.45) is 5.92 Å². The predicted octanol–water partition coefficient (Wildman–Crippen LogP) is 1.26. The summed E-state index contributed by atoms with van der Waals surface area (Å²) in [6.07, 6.45) is 4.14. The summed E-state index contributed by atoms with van der Waals surface area (Å²) >= 11 is 0. The fraction of sp³-hybridized carbons (Fsp3) is 1.00. The van der Waals surface area contributed by atoms with E-state index < -0.39 is 0 Å². The summed E-state index contributed by atoms with van der Waals surface area (Å²) in [6.45, 7) is 7.03. The molecule has 0 aromatic heterocycles. The molecule has 1 fully saturated rings. The molecule has 0 radical (unpaired) electrons. The van der Waals surface area contributed by atoms with Gasteiger partial charge in [-0.25, -0.2) is 0 Å². The van der Waals surface area contributed by atoms with Gasteiger partial charge in [0.2, 0.25) is 0 Å². The number of hydrogen-bond acceptors (Lipinski definition) is 3. The minimum atomic E-state index is 0.732. The summed E-state index contributed by atoms with van der Waals surface area (Å²) in [4.78, 5) is 4.68. The van der Waals surface area contributed by atoms with Crippen molar-refractivity contribution in [3.63, 3.8) is 0 Å². The third kappa shape index (κ3) is 6.46. The molecule has 1 aliphatic carbocycles. The fourth-order valence-electron chi connectivity index (χ4n) is 2.01. The van der Waals surface area contributed by atoms with Crippen LogP contribution in [0.2, 0.25) is 0 Å². The largest absolute Gasteiger partial charge is 0.313 e. The summed E-state index contributed by atoms with van der Waals surface area (Å²) in [5.74, 6) is 0.971. The summed E-state index contributed by atoms with van der Waals surface area (Å²) in [6, 6.07) is 0.732. The van der Waals surface area contributed by atoms with Gasteiger partial charge in [-0.2, -0.15) is 0 Å². The Morgan fingerprint density at radius 2 is 1.81 bits per heavy atom. The second-order valence-corrected chi connectivity index (χ2v) is 5.54. The average molecular weight is 227 g/mol. The highest BCUT2D eigenvalue weighted by atomic mass is 15.1. The molecule has 1 saturated carbocycles. The normalized spacial score (nSPS) is 18.4. The van der Waals surface area contributed by atoms with Crippen molar-refractivity contribution in [3.05, 3.63) is 0 Å². The number of rotatable bonds is 9. The van der Waals surface area contributed by atoms with E-state index in [1.165, 1.54) is 38.9 Å². The van der Waals surface area contributed by atoms with Gasteiger partial charge >= 0.3 is 0 Å². The molecule has 0 aromatic carbocycles. The van der Waals surface area contributed by atoms with Gasteiger partial charge < -0.3 is 15.1 Å². The van der Waals surface area contributed by atoms with Crippen molar-refractivity contribution in [1.29, 1.82) is 0 Å². The SMILES string of the molecule is CC(NCCN(C)CCCN(C)C)C1CC1. The number of nitrogens with one attached hydrogen (secondary N) is 1. The topological polar surface area (TPSA) is 18.5 Å². The Hall–Kier alpha value is -0.120. The van der Waals surface area contributed by atoms with Crippen LogP contribution in [0.4, 0.5) is 0 Å². The van der Waals surface area contributed by atoms with Crippen molar-refractivity contribution in [2.75, 3.05) is 47.3 Å². The highest BCUT2D eigenvalue weighted by Crippen LogP contribution is 2.32. The Kier molecular flexibility index (Phi) is 6.32. The molecule has 0 aromatic rings. The molecule has 0 spiro atoms. The Bertz CT molecular complexity index is 178. The molecular weight excluding hydrogens is 198 g/mol. The molecule has 0 saturated heterocycles. The molecule has 1 aliphatic rings. The van der Waals surface area contributed by atoms with Gasteiger partial charge in [0.25, 0.3) is 0 Å². The standard InChI is InChI=1S/C13H29N3/c1-12(13-6-7-13)14-8-11-16(4)10-5-9-15(2)3/h12-14H,5-11H2,1-4H3. The van der Waals surface area contributed by atoms with Crippen LogP contribution in [0.3, 0.4) is 0 Å². The second kappa shape index (κ2) is 7.25. The van der Waals surface area contributed by atoms with Gasteiger partial charge in [-0.05, 0) is 66.3 Å². The van der Waals surface area contributed by atoms with E-state index in [0.717, 1.165) is 18.5 Å². The lowest BCUT2D eigenvalue weighted by atomic mass is 10.2. The quantitative estimate of drug-likeness (QED) is 0.640. The Morgan fingerprint density at radius 1 is 1.12 bits per heavy atom.